The number of nitrogens with one attached hydrogen (secondary N) is 1. The second-order valence-electron chi connectivity index (χ2n) is 4.99. The Morgan fingerprint density at radius 2 is 1.95 bits per heavy atom. The van der Waals surface area contributed by atoms with Gasteiger partial charge in [-0.05, 0) is 39.0 Å². The van der Waals surface area contributed by atoms with E-state index in [1.54, 1.807) is 25.1 Å². The summed E-state index contributed by atoms with van der Waals surface area (Å²) in [4.78, 5) is 0. The maximum atomic E-state index is 13.5. The van der Waals surface area contributed by atoms with Gasteiger partial charge in [0.2, 0.25) is 0 Å². The van der Waals surface area contributed by atoms with Gasteiger partial charge in [-0.3, -0.25) is 0 Å². The third-order valence-electron chi connectivity index (χ3n) is 2.85. The van der Waals surface area contributed by atoms with Gasteiger partial charge in [0.1, 0.15) is 11.6 Å². The Kier molecular flexibility index (Phi) is 4.13. The summed E-state index contributed by atoms with van der Waals surface area (Å²) in [5.41, 5.74) is 8.52. The minimum Gasteiger partial charge on any atom is -0.491 e. The van der Waals surface area contributed by atoms with Crippen molar-refractivity contribution in [1.82, 2.24) is 0 Å². The third kappa shape index (κ3) is 3.41. The Morgan fingerprint density at radius 1 is 1.20 bits per heavy atom. The average molecular weight is 274 g/mol. The number of nitrogens with two attached hydrogens (primary N) is 1. The molecule has 106 valence electrons. The first-order valence-corrected chi connectivity index (χ1v) is 6.55. The Bertz CT molecular complexity index is 611. The highest BCUT2D eigenvalue weighted by Gasteiger charge is 2.06. The van der Waals surface area contributed by atoms with Gasteiger partial charge in [-0.1, -0.05) is 6.07 Å². The fourth-order valence-corrected chi connectivity index (χ4v) is 1.93. The van der Waals surface area contributed by atoms with E-state index < -0.39 is 0 Å². The van der Waals surface area contributed by atoms with Crippen molar-refractivity contribution in [2.24, 2.45) is 0 Å². The Hall–Kier alpha value is -2.23. The van der Waals surface area contributed by atoms with Crippen LogP contribution in [0.25, 0.3) is 0 Å². The molecule has 3 N–H and O–H groups in total. The van der Waals surface area contributed by atoms with Crippen molar-refractivity contribution in [3.63, 3.8) is 0 Å². The summed E-state index contributed by atoms with van der Waals surface area (Å²) in [7, 11) is 0. The summed E-state index contributed by atoms with van der Waals surface area (Å²) < 4.78 is 19.2. The maximum absolute atomic E-state index is 13.5. The van der Waals surface area contributed by atoms with E-state index in [-0.39, 0.29) is 11.9 Å². The third-order valence-corrected chi connectivity index (χ3v) is 2.85. The van der Waals surface area contributed by atoms with Crippen LogP contribution in [0, 0.1) is 12.7 Å². The van der Waals surface area contributed by atoms with Gasteiger partial charge in [-0.2, -0.15) is 0 Å². The first kappa shape index (κ1) is 14.2. The lowest BCUT2D eigenvalue weighted by molar-refractivity contribution is 0.242. The van der Waals surface area contributed by atoms with Gasteiger partial charge in [-0.25, -0.2) is 4.39 Å². The smallest absolute Gasteiger partial charge is 0.128 e. The van der Waals surface area contributed by atoms with Gasteiger partial charge in [0.15, 0.2) is 0 Å². The van der Waals surface area contributed by atoms with Crippen LogP contribution in [0.1, 0.15) is 19.4 Å². The largest absolute Gasteiger partial charge is 0.491 e. The summed E-state index contributed by atoms with van der Waals surface area (Å²) in [6, 6.07) is 10.3. The second-order valence-corrected chi connectivity index (χ2v) is 4.99. The molecule has 0 aliphatic heterocycles. The Balaban J connectivity index is 2.29. The van der Waals surface area contributed by atoms with E-state index in [0.29, 0.717) is 22.7 Å². The van der Waals surface area contributed by atoms with Gasteiger partial charge in [-0.15, -0.1) is 0 Å². The topological polar surface area (TPSA) is 47.3 Å². The molecule has 0 amide bonds. The quantitative estimate of drug-likeness (QED) is 0.819. The van der Waals surface area contributed by atoms with Gasteiger partial charge in [0.05, 0.1) is 6.10 Å². The molecule has 0 atom stereocenters. The molecular formula is C16H19FN2O. The minimum absolute atomic E-state index is 0.0700. The van der Waals surface area contributed by atoms with Crippen LogP contribution in [0.2, 0.25) is 0 Å². The normalized spacial score (nSPS) is 10.7. The molecule has 20 heavy (non-hydrogen) atoms. The van der Waals surface area contributed by atoms with Crippen molar-refractivity contribution >= 4 is 17.1 Å². The zero-order valence-corrected chi connectivity index (χ0v) is 11.9. The average Bonchev–Trinajstić information content (AvgIpc) is 2.33. The zero-order chi connectivity index (χ0) is 14.7. The molecule has 0 bridgehead atoms. The van der Waals surface area contributed by atoms with E-state index in [2.05, 4.69) is 5.32 Å². The Morgan fingerprint density at radius 3 is 2.65 bits per heavy atom. The molecule has 2 aromatic carbocycles. The van der Waals surface area contributed by atoms with Crippen LogP contribution in [0.3, 0.4) is 0 Å². The Labute approximate surface area is 118 Å². The van der Waals surface area contributed by atoms with Gasteiger partial charge in [0.25, 0.3) is 0 Å². The molecule has 0 radical (unpaired) electrons. The summed E-state index contributed by atoms with van der Waals surface area (Å²) >= 11 is 0. The lowest BCUT2D eigenvalue weighted by atomic mass is 10.1. The van der Waals surface area contributed by atoms with E-state index >= 15 is 0 Å². The molecule has 0 spiro atoms. The molecule has 0 unspecified atom stereocenters. The van der Waals surface area contributed by atoms with E-state index in [1.165, 1.54) is 6.07 Å². The first-order valence-electron chi connectivity index (χ1n) is 6.55. The molecule has 0 fully saturated rings. The SMILES string of the molecule is Cc1c(F)cccc1Nc1cc(N)cc(OC(C)C)c1. The fourth-order valence-electron chi connectivity index (χ4n) is 1.93. The molecule has 0 aliphatic carbocycles. The molecule has 4 heteroatoms. The standard InChI is InChI=1S/C16H19FN2O/c1-10(2)20-14-8-12(18)7-13(9-14)19-16-6-4-5-15(17)11(16)3/h4-10,19H,18H2,1-3H3. The maximum Gasteiger partial charge on any atom is 0.128 e. The molecule has 3 nitrogen and oxygen atoms in total. The highest BCUT2D eigenvalue weighted by Crippen LogP contribution is 2.28. The fraction of sp³-hybridized carbons (Fsp3) is 0.250. The van der Waals surface area contributed by atoms with Crippen LogP contribution in [-0.2, 0) is 0 Å². The highest BCUT2D eigenvalue weighted by atomic mass is 19.1. The number of halogens is 1. The van der Waals surface area contributed by atoms with Gasteiger partial charge < -0.3 is 15.8 Å². The number of ether oxygens (including phenoxy) is 1. The number of benzene rings is 2. The van der Waals surface area contributed by atoms with Crippen LogP contribution >= 0.6 is 0 Å². The number of anilines is 3. The zero-order valence-electron chi connectivity index (χ0n) is 11.9. The monoisotopic (exact) mass is 274 g/mol. The van der Waals surface area contributed by atoms with Crippen molar-refractivity contribution in [3.05, 3.63) is 47.8 Å². The van der Waals surface area contributed by atoms with Crippen molar-refractivity contribution in [2.45, 2.75) is 26.9 Å². The number of hydrogen-bond acceptors (Lipinski definition) is 3. The van der Waals surface area contributed by atoms with E-state index in [9.17, 15) is 4.39 Å². The van der Waals surface area contributed by atoms with Crippen molar-refractivity contribution in [2.75, 3.05) is 11.1 Å². The predicted molar refractivity (Wildman–Crippen MR) is 81.0 cm³/mol. The number of rotatable bonds is 4. The molecule has 0 aliphatic rings. The highest BCUT2D eigenvalue weighted by molar-refractivity contribution is 5.68. The first-order chi connectivity index (χ1) is 9.45. The molecule has 0 saturated heterocycles. The lowest BCUT2D eigenvalue weighted by Gasteiger charge is -2.14. The lowest BCUT2D eigenvalue weighted by Crippen LogP contribution is -2.06. The van der Waals surface area contributed by atoms with Gasteiger partial charge >= 0.3 is 0 Å². The number of hydrogen-bond donors (Lipinski definition) is 2. The van der Waals surface area contributed by atoms with Crippen molar-refractivity contribution < 1.29 is 9.13 Å². The number of nitrogen functional groups attached to an aromatic ring is 1. The van der Waals surface area contributed by atoms with Crippen molar-refractivity contribution in [3.8, 4) is 5.75 Å². The van der Waals surface area contributed by atoms with Crippen LogP contribution < -0.4 is 15.8 Å². The van der Waals surface area contributed by atoms with E-state index in [1.807, 2.05) is 26.0 Å². The van der Waals surface area contributed by atoms with Crippen LogP contribution in [0.15, 0.2) is 36.4 Å². The summed E-state index contributed by atoms with van der Waals surface area (Å²) in [5.74, 6) is 0.453. The van der Waals surface area contributed by atoms with E-state index in [0.717, 1.165) is 5.69 Å². The van der Waals surface area contributed by atoms with Crippen LogP contribution in [0.4, 0.5) is 21.5 Å². The molecular weight excluding hydrogens is 255 g/mol. The predicted octanol–water partition coefficient (Wildman–Crippen LogP) is 4.25. The summed E-state index contributed by atoms with van der Waals surface area (Å²) in [6.45, 7) is 5.63. The summed E-state index contributed by atoms with van der Waals surface area (Å²) in [5, 5.41) is 3.17. The van der Waals surface area contributed by atoms with Gasteiger partial charge in [0, 0.05) is 34.8 Å². The molecule has 2 rings (SSSR count). The van der Waals surface area contributed by atoms with Crippen LogP contribution in [-0.4, -0.2) is 6.10 Å². The van der Waals surface area contributed by atoms with Crippen LogP contribution in [0.5, 0.6) is 5.75 Å². The molecule has 2 aromatic rings. The van der Waals surface area contributed by atoms with Crippen molar-refractivity contribution in [1.29, 1.82) is 0 Å². The van der Waals surface area contributed by atoms with E-state index in [4.69, 9.17) is 10.5 Å². The molecule has 0 saturated carbocycles. The molecule has 0 aromatic heterocycles. The summed E-state index contributed by atoms with van der Waals surface area (Å²) in [6.07, 6.45) is 0.0700. The minimum atomic E-state index is -0.238. The second kappa shape index (κ2) is 5.82. The molecule has 0 heterocycles.